The van der Waals surface area contributed by atoms with Crippen molar-refractivity contribution in [3.63, 3.8) is 0 Å². The Morgan fingerprint density at radius 3 is 2.71 bits per heavy atom. The van der Waals surface area contributed by atoms with Gasteiger partial charge in [0.2, 0.25) is 0 Å². The second kappa shape index (κ2) is 5.66. The Kier molecular flexibility index (Phi) is 4.02. The summed E-state index contributed by atoms with van der Waals surface area (Å²) in [5.41, 5.74) is 0.926. The molecule has 0 spiro atoms. The van der Waals surface area contributed by atoms with Crippen molar-refractivity contribution in [3.05, 3.63) is 11.2 Å². The number of carboxylic acids is 1. The standard InChI is InChI=1S/C13H18N2O4S2/c16-12(17)11-13(20-8-14-11)21(18,19)15-6-5-9-3-1-2-4-10(9)7-15/h8-10H,1-7H2,(H,16,17). The van der Waals surface area contributed by atoms with Gasteiger partial charge in [-0.15, -0.1) is 11.3 Å². The molecule has 0 radical (unpaired) electrons. The van der Waals surface area contributed by atoms with Crippen LogP contribution in [0.1, 0.15) is 42.6 Å². The number of carbonyl (C=O) groups is 1. The maximum atomic E-state index is 12.7. The SMILES string of the molecule is O=C(O)c1ncsc1S(=O)(=O)N1CCC2CCCCC2C1. The molecular weight excluding hydrogens is 312 g/mol. The Morgan fingerprint density at radius 1 is 1.29 bits per heavy atom. The Bertz CT molecular complexity index is 640. The van der Waals surface area contributed by atoms with Crippen molar-refractivity contribution >= 4 is 27.3 Å². The molecule has 1 aliphatic heterocycles. The molecule has 2 fully saturated rings. The molecule has 1 aliphatic carbocycles. The van der Waals surface area contributed by atoms with Gasteiger partial charge >= 0.3 is 5.97 Å². The third-order valence-corrected chi connectivity index (χ3v) is 7.78. The van der Waals surface area contributed by atoms with E-state index in [1.165, 1.54) is 22.7 Å². The van der Waals surface area contributed by atoms with Gasteiger partial charge in [0.1, 0.15) is 0 Å². The van der Waals surface area contributed by atoms with Crippen LogP contribution in [0.3, 0.4) is 0 Å². The van der Waals surface area contributed by atoms with E-state index in [-0.39, 0.29) is 9.90 Å². The Hall–Kier alpha value is -0.990. The van der Waals surface area contributed by atoms with E-state index in [9.17, 15) is 13.2 Å². The van der Waals surface area contributed by atoms with E-state index >= 15 is 0 Å². The summed E-state index contributed by atoms with van der Waals surface area (Å²) in [4.78, 5) is 14.8. The number of sulfonamides is 1. The molecule has 1 saturated heterocycles. The molecule has 2 heterocycles. The molecular formula is C13H18N2O4S2. The van der Waals surface area contributed by atoms with Crippen molar-refractivity contribution in [2.75, 3.05) is 13.1 Å². The number of rotatable bonds is 3. The third kappa shape index (κ3) is 2.72. The molecule has 2 aliphatic rings. The van der Waals surface area contributed by atoms with E-state index in [0.717, 1.165) is 30.6 Å². The number of aromatic carboxylic acids is 1. The molecule has 2 unspecified atom stereocenters. The summed E-state index contributed by atoms with van der Waals surface area (Å²) in [5, 5.41) is 9.06. The number of fused-ring (bicyclic) bond motifs is 1. The highest BCUT2D eigenvalue weighted by Gasteiger charge is 2.38. The lowest BCUT2D eigenvalue weighted by atomic mass is 9.76. The Balaban J connectivity index is 1.85. The zero-order valence-electron chi connectivity index (χ0n) is 11.6. The van der Waals surface area contributed by atoms with Crippen LogP contribution in [0.4, 0.5) is 0 Å². The van der Waals surface area contributed by atoms with Crippen LogP contribution in [0, 0.1) is 11.8 Å². The second-order valence-electron chi connectivity index (χ2n) is 5.75. The molecule has 6 nitrogen and oxygen atoms in total. The van der Waals surface area contributed by atoms with Gasteiger partial charge < -0.3 is 5.11 Å². The average Bonchev–Trinajstić information content (AvgIpc) is 2.97. The van der Waals surface area contributed by atoms with Crippen molar-refractivity contribution in [2.24, 2.45) is 11.8 Å². The predicted octanol–water partition coefficient (Wildman–Crippen LogP) is 2.04. The molecule has 116 valence electrons. The van der Waals surface area contributed by atoms with Crippen LogP contribution < -0.4 is 0 Å². The second-order valence-corrected chi connectivity index (χ2v) is 8.74. The van der Waals surface area contributed by atoms with Gasteiger partial charge in [-0.2, -0.15) is 4.31 Å². The normalized spacial score (nSPS) is 27.2. The molecule has 0 amide bonds. The number of carboxylic acid groups (broad SMARTS) is 1. The largest absolute Gasteiger partial charge is 0.476 e. The zero-order valence-corrected chi connectivity index (χ0v) is 13.2. The van der Waals surface area contributed by atoms with Crippen molar-refractivity contribution in [2.45, 2.75) is 36.3 Å². The molecule has 2 atom stereocenters. The highest BCUT2D eigenvalue weighted by atomic mass is 32.2. The summed E-state index contributed by atoms with van der Waals surface area (Å²) < 4.78 is 26.7. The van der Waals surface area contributed by atoms with E-state index < -0.39 is 16.0 Å². The minimum absolute atomic E-state index is 0.135. The van der Waals surface area contributed by atoms with E-state index in [1.54, 1.807) is 0 Å². The molecule has 8 heteroatoms. The van der Waals surface area contributed by atoms with Crippen LogP contribution in [0.15, 0.2) is 9.72 Å². The smallest absolute Gasteiger partial charge is 0.356 e. The number of thiazole rings is 1. The maximum absolute atomic E-state index is 12.7. The van der Waals surface area contributed by atoms with E-state index in [4.69, 9.17) is 5.11 Å². The first kappa shape index (κ1) is 14.9. The molecule has 1 saturated carbocycles. The molecule has 0 aromatic carbocycles. The summed E-state index contributed by atoms with van der Waals surface area (Å²) in [7, 11) is -3.74. The zero-order chi connectivity index (χ0) is 15.0. The number of nitrogens with zero attached hydrogens (tertiary/aromatic N) is 2. The molecule has 21 heavy (non-hydrogen) atoms. The minimum Gasteiger partial charge on any atom is -0.476 e. The highest BCUT2D eigenvalue weighted by Crippen LogP contribution is 2.38. The summed E-state index contributed by atoms with van der Waals surface area (Å²) in [6.07, 6.45) is 5.55. The van der Waals surface area contributed by atoms with Gasteiger partial charge in [0.05, 0.1) is 5.51 Å². The number of hydrogen-bond acceptors (Lipinski definition) is 5. The van der Waals surface area contributed by atoms with Gasteiger partial charge in [-0.1, -0.05) is 19.3 Å². The van der Waals surface area contributed by atoms with E-state index in [1.807, 2.05) is 0 Å². The van der Waals surface area contributed by atoms with Crippen LogP contribution in [0.25, 0.3) is 0 Å². The van der Waals surface area contributed by atoms with Crippen LogP contribution in [-0.4, -0.2) is 41.9 Å². The fourth-order valence-electron chi connectivity index (χ4n) is 3.46. The van der Waals surface area contributed by atoms with Gasteiger partial charge in [-0.25, -0.2) is 18.2 Å². The fraction of sp³-hybridized carbons (Fsp3) is 0.692. The minimum atomic E-state index is -3.74. The number of piperidine rings is 1. The van der Waals surface area contributed by atoms with Gasteiger partial charge in [0, 0.05) is 13.1 Å². The van der Waals surface area contributed by atoms with Crippen LogP contribution in [0.2, 0.25) is 0 Å². The highest BCUT2D eigenvalue weighted by molar-refractivity contribution is 7.91. The molecule has 1 aromatic heterocycles. The van der Waals surface area contributed by atoms with Crippen molar-refractivity contribution in [3.8, 4) is 0 Å². The topological polar surface area (TPSA) is 87.6 Å². The Labute approximate surface area is 127 Å². The van der Waals surface area contributed by atoms with Gasteiger partial charge in [0.15, 0.2) is 9.90 Å². The predicted molar refractivity (Wildman–Crippen MR) is 77.9 cm³/mol. The molecule has 3 rings (SSSR count). The molecule has 1 N–H and O–H groups in total. The lowest BCUT2D eigenvalue weighted by molar-refractivity contribution is 0.0687. The fourth-order valence-corrected chi connectivity index (χ4v) is 6.25. The average molecular weight is 330 g/mol. The maximum Gasteiger partial charge on any atom is 0.356 e. The number of hydrogen-bond donors (Lipinski definition) is 1. The van der Waals surface area contributed by atoms with Gasteiger partial charge in [-0.3, -0.25) is 0 Å². The molecule has 0 bridgehead atoms. The van der Waals surface area contributed by atoms with Crippen LogP contribution >= 0.6 is 11.3 Å². The van der Waals surface area contributed by atoms with Gasteiger partial charge in [0.25, 0.3) is 10.0 Å². The molecule has 1 aromatic rings. The lowest BCUT2D eigenvalue weighted by Gasteiger charge is -2.40. The summed E-state index contributed by atoms with van der Waals surface area (Å²) in [5.74, 6) is -0.239. The van der Waals surface area contributed by atoms with Crippen molar-refractivity contribution in [1.29, 1.82) is 0 Å². The van der Waals surface area contributed by atoms with E-state index in [0.29, 0.717) is 24.9 Å². The van der Waals surface area contributed by atoms with Crippen molar-refractivity contribution in [1.82, 2.24) is 9.29 Å². The van der Waals surface area contributed by atoms with Crippen LogP contribution in [-0.2, 0) is 10.0 Å². The quantitative estimate of drug-likeness (QED) is 0.916. The lowest BCUT2D eigenvalue weighted by Crippen LogP contribution is -2.44. The van der Waals surface area contributed by atoms with Crippen molar-refractivity contribution < 1.29 is 18.3 Å². The third-order valence-electron chi connectivity index (χ3n) is 4.57. The van der Waals surface area contributed by atoms with Crippen LogP contribution in [0.5, 0.6) is 0 Å². The first-order valence-corrected chi connectivity index (χ1v) is 9.49. The first-order chi connectivity index (χ1) is 10.00. The Morgan fingerprint density at radius 2 is 2.00 bits per heavy atom. The van der Waals surface area contributed by atoms with E-state index in [2.05, 4.69) is 4.98 Å². The first-order valence-electron chi connectivity index (χ1n) is 7.17. The number of aromatic nitrogens is 1. The summed E-state index contributed by atoms with van der Waals surface area (Å²) in [6, 6.07) is 0. The summed E-state index contributed by atoms with van der Waals surface area (Å²) >= 11 is 0.886. The monoisotopic (exact) mass is 330 g/mol. The van der Waals surface area contributed by atoms with Gasteiger partial charge in [-0.05, 0) is 24.7 Å². The summed E-state index contributed by atoms with van der Waals surface area (Å²) in [6.45, 7) is 1.00.